The Morgan fingerprint density at radius 3 is 2.30 bits per heavy atom. The van der Waals surface area contributed by atoms with Gasteiger partial charge in [-0.15, -0.1) is 0 Å². The second kappa shape index (κ2) is 12.4. The standard InChI is InChI=1S/C37H39N5O4/c1-40(36(43)44)29-18-21-42(37(23-29)19-9-20-37)28-14-15-30-32(22-28)41(2)39-34(30)31-16-17-33(45-24-26-10-5-3-6-11-26)38-35(31)46-25-27-12-7-4-8-13-27/h3-8,10-17,22,29H,9,18-21,23-25H2,1-2H3,(H,43,44). The van der Waals surface area contributed by atoms with Crippen LogP contribution in [0.4, 0.5) is 10.5 Å². The molecule has 2 aromatic heterocycles. The summed E-state index contributed by atoms with van der Waals surface area (Å²) in [6, 6.07) is 30.5. The Labute approximate surface area is 269 Å². The van der Waals surface area contributed by atoms with Crippen LogP contribution in [0.25, 0.3) is 22.2 Å². The quantitative estimate of drug-likeness (QED) is 0.186. The van der Waals surface area contributed by atoms with Crippen LogP contribution in [0.15, 0.2) is 91.0 Å². The number of aryl methyl sites for hydroxylation is 1. The first-order chi connectivity index (χ1) is 22.4. The molecular weight excluding hydrogens is 578 g/mol. The third-order valence-electron chi connectivity index (χ3n) is 9.69. The highest BCUT2D eigenvalue weighted by molar-refractivity contribution is 5.96. The van der Waals surface area contributed by atoms with Crippen LogP contribution in [0.5, 0.6) is 11.8 Å². The molecule has 1 amide bonds. The molecule has 1 aliphatic carbocycles. The van der Waals surface area contributed by atoms with Crippen LogP contribution in [-0.4, -0.2) is 56.0 Å². The van der Waals surface area contributed by atoms with Crippen molar-refractivity contribution in [2.45, 2.75) is 56.9 Å². The molecule has 0 radical (unpaired) electrons. The molecule has 9 heteroatoms. The molecule has 1 saturated heterocycles. The number of piperidine rings is 1. The van der Waals surface area contributed by atoms with Gasteiger partial charge in [0.05, 0.1) is 11.1 Å². The maximum Gasteiger partial charge on any atom is 0.407 e. The number of aromatic nitrogens is 3. The van der Waals surface area contributed by atoms with Crippen molar-refractivity contribution in [2.75, 3.05) is 18.5 Å². The largest absolute Gasteiger partial charge is 0.473 e. The van der Waals surface area contributed by atoms with Gasteiger partial charge in [0.2, 0.25) is 11.8 Å². The Morgan fingerprint density at radius 1 is 0.957 bits per heavy atom. The lowest BCUT2D eigenvalue weighted by Crippen LogP contribution is -2.62. The van der Waals surface area contributed by atoms with Crippen LogP contribution in [0.3, 0.4) is 0 Å². The Balaban J connectivity index is 1.20. The van der Waals surface area contributed by atoms with Gasteiger partial charge in [0.1, 0.15) is 18.9 Å². The van der Waals surface area contributed by atoms with Gasteiger partial charge < -0.3 is 24.4 Å². The van der Waals surface area contributed by atoms with E-state index in [4.69, 9.17) is 19.6 Å². The molecule has 46 heavy (non-hydrogen) atoms. The lowest BCUT2D eigenvalue weighted by Gasteiger charge is -2.57. The lowest BCUT2D eigenvalue weighted by atomic mass is 9.68. The highest BCUT2D eigenvalue weighted by Crippen LogP contribution is 2.48. The molecule has 1 spiro atoms. The number of carboxylic acid groups (broad SMARTS) is 1. The molecule has 2 aliphatic rings. The Bertz CT molecular complexity index is 1840. The molecule has 2 fully saturated rings. The van der Waals surface area contributed by atoms with Crippen molar-refractivity contribution in [3.8, 4) is 23.0 Å². The first kappa shape index (κ1) is 29.6. The molecule has 1 saturated carbocycles. The van der Waals surface area contributed by atoms with Gasteiger partial charge in [-0.1, -0.05) is 60.7 Å². The number of benzene rings is 3. The molecule has 9 nitrogen and oxygen atoms in total. The second-order valence-corrected chi connectivity index (χ2v) is 12.5. The summed E-state index contributed by atoms with van der Waals surface area (Å²) >= 11 is 0. The number of rotatable bonds is 9. The third-order valence-corrected chi connectivity index (χ3v) is 9.69. The molecule has 1 aliphatic heterocycles. The van der Waals surface area contributed by atoms with E-state index in [-0.39, 0.29) is 11.6 Å². The maximum atomic E-state index is 11.7. The number of ether oxygens (including phenoxy) is 2. The minimum Gasteiger partial charge on any atom is -0.473 e. The van der Waals surface area contributed by atoms with E-state index in [0.717, 1.165) is 71.2 Å². The van der Waals surface area contributed by atoms with Gasteiger partial charge in [0.15, 0.2) is 0 Å². The maximum absolute atomic E-state index is 11.7. The normalized spacial score (nSPS) is 17.1. The molecule has 3 heterocycles. The van der Waals surface area contributed by atoms with Crippen LogP contribution in [-0.2, 0) is 20.3 Å². The van der Waals surface area contributed by atoms with Crippen molar-refractivity contribution in [1.29, 1.82) is 0 Å². The van der Waals surface area contributed by atoms with E-state index in [1.54, 1.807) is 7.05 Å². The van der Waals surface area contributed by atoms with Gasteiger partial charge in [-0.05, 0) is 67.5 Å². The number of pyridine rings is 1. The van der Waals surface area contributed by atoms with Crippen LogP contribution >= 0.6 is 0 Å². The fourth-order valence-electron chi connectivity index (χ4n) is 6.98. The van der Waals surface area contributed by atoms with Crippen molar-refractivity contribution >= 4 is 22.7 Å². The number of carbonyl (C=O) groups is 1. The van der Waals surface area contributed by atoms with Gasteiger partial charge in [0.25, 0.3) is 0 Å². The Kier molecular flexibility index (Phi) is 7.98. The fourth-order valence-corrected chi connectivity index (χ4v) is 6.98. The summed E-state index contributed by atoms with van der Waals surface area (Å²) in [4.78, 5) is 20.5. The Hall–Kier alpha value is -5.05. The zero-order chi connectivity index (χ0) is 31.7. The summed E-state index contributed by atoms with van der Waals surface area (Å²) in [6.45, 7) is 1.60. The van der Waals surface area contributed by atoms with Crippen LogP contribution in [0.1, 0.15) is 43.2 Å². The molecule has 0 bridgehead atoms. The SMILES string of the molecule is CN(C(=O)O)C1CCN(c2ccc3c(-c4ccc(OCc5ccccc5)nc4OCc4ccccc4)nn(C)c3c2)C2(CCC2)C1. The molecule has 1 N–H and O–H groups in total. The number of nitrogens with zero attached hydrogens (tertiary/aromatic N) is 5. The monoisotopic (exact) mass is 617 g/mol. The topological polar surface area (TPSA) is 93.0 Å². The minimum absolute atomic E-state index is 0.000323. The van der Waals surface area contributed by atoms with Crippen molar-refractivity contribution in [2.24, 2.45) is 7.05 Å². The molecule has 236 valence electrons. The summed E-state index contributed by atoms with van der Waals surface area (Å²) in [5.74, 6) is 0.956. The summed E-state index contributed by atoms with van der Waals surface area (Å²) in [5, 5.41) is 15.6. The number of hydrogen-bond donors (Lipinski definition) is 1. The average Bonchev–Trinajstić information content (AvgIpc) is 3.41. The predicted molar refractivity (Wildman–Crippen MR) is 178 cm³/mol. The molecule has 5 aromatic rings. The third kappa shape index (κ3) is 5.73. The van der Waals surface area contributed by atoms with E-state index in [0.29, 0.717) is 25.0 Å². The highest BCUT2D eigenvalue weighted by Gasteiger charge is 2.48. The predicted octanol–water partition coefficient (Wildman–Crippen LogP) is 7.29. The number of hydrogen-bond acceptors (Lipinski definition) is 6. The first-order valence-electron chi connectivity index (χ1n) is 16.0. The number of amides is 1. The average molecular weight is 618 g/mol. The van der Waals surface area contributed by atoms with Gasteiger partial charge in [-0.25, -0.2) is 4.79 Å². The van der Waals surface area contributed by atoms with E-state index in [9.17, 15) is 9.90 Å². The molecule has 1 atom stereocenters. The zero-order valence-corrected chi connectivity index (χ0v) is 26.3. The van der Waals surface area contributed by atoms with Crippen molar-refractivity contribution in [3.05, 3.63) is 102 Å². The fraction of sp³-hybridized carbons (Fsp3) is 0.324. The summed E-state index contributed by atoms with van der Waals surface area (Å²) in [5.41, 5.74) is 5.88. The van der Waals surface area contributed by atoms with Gasteiger partial charge >= 0.3 is 6.09 Å². The lowest BCUT2D eigenvalue weighted by molar-refractivity contribution is 0.0896. The van der Waals surface area contributed by atoms with Crippen LogP contribution in [0.2, 0.25) is 0 Å². The van der Waals surface area contributed by atoms with Gasteiger partial charge in [-0.3, -0.25) is 4.68 Å². The summed E-state index contributed by atoms with van der Waals surface area (Å²) in [6.07, 6.45) is 4.15. The molecular formula is C37H39N5O4. The van der Waals surface area contributed by atoms with E-state index in [1.165, 1.54) is 11.3 Å². The smallest absolute Gasteiger partial charge is 0.407 e. The van der Waals surface area contributed by atoms with Crippen molar-refractivity contribution in [3.63, 3.8) is 0 Å². The van der Waals surface area contributed by atoms with Gasteiger partial charge in [0, 0.05) is 49.4 Å². The molecule has 3 aromatic carbocycles. The minimum atomic E-state index is -0.853. The molecule has 7 rings (SSSR count). The van der Waals surface area contributed by atoms with E-state index in [1.807, 2.05) is 84.5 Å². The summed E-state index contributed by atoms with van der Waals surface area (Å²) < 4.78 is 14.3. The van der Waals surface area contributed by atoms with Crippen molar-refractivity contribution < 1.29 is 19.4 Å². The van der Waals surface area contributed by atoms with Crippen LogP contribution in [0, 0.1) is 0 Å². The van der Waals surface area contributed by atoms with E-state index in [2.05, 4.69) is 23.1 Å². The highest BCUT2D eigenvalue weighted by atomic mass is 16.5. The first-order valence-corrected chi connectivity index (χ1v) is 16.0. The van der Waals surface area contributed by atoms with Gasteiger partial charge in [-0.2, -0.15) is 10.1 Å². The zero-order valence-electron chi connectivity index (χ0n) is 26.3. The number of fused-ring (bicyclic) bond motifs is 1. The second-order valence-electron chi connectivity index (χ2n) is 12.5. The van der Waals surface area contributed by atoms with Crippen LogP contribution < -0.4 is 14.4 Å². The summed E-state index contributed by atoms with van der Waals surface area (Å²) in [7, 11) is 3.67. The number of anilines is 1. The van der Waals surface area contributed by atoms with E-state index >= 15 is 0 Å². The van der Waals surface area contributed by atoms with E-state index < -0.39 is 6.09 Å². The Morgan fingerprint density at radius 2 is 1.65 bits per heavy atom. The van der Waals surface area contributed by atoms with Crippen molar-refractivity contribution in [1.82, 2.24) is 19.7 Å². The molecule has 1 unspecified atom stereocenters.